The Bertz CT molecular complexity index is 1380. The molecule has 192 valence electrons. The Hall–Kier alpha value is -3.05. The minimum Gasteiger partial charge on any atom is -0.385 e. The molecule has 5 rings (SSSR count). The maximum Gasteiger partial charge on any atom is 0.267 e. The first-order valence-electron chi connectivity index (χ1n) is 12.3. The zero-order valence-corrected chi connectivity index (χ0v) is 22.3. The van der Waals surface area contributed by atoms with Gasteiger partial charge in [-0.2, -0.15) is 0 Å². The molecule has 0 N–H and O–H groups in total. The van der Waals surface area contributed by atoms with Gasteiger partial charge in [-0.15, -0.1) is 0 Å². The van der Waals surface area contributed by atoms with E-state index in [4.69, 9.17) is 21.9 Å². The Morgan fingerprint density at radius 2 is 1.81 bits per heavy atom. The number of piperazine rings is 1. The van der Waals surface area contributed by atoms with Gasteiger partial charge in [0.15, 0.2) is 0 Å². The SMILES string of the molecule is COCCCN1C(=O)/C(=C\c2c(N3CCN(Cc4ccccc4)CC3)nc3ccccn3c2=O)SC1=S. The molecule has 2 aliphatic heterocycles. The van der Waals surface area contributed by atoms with Crippen LogP contribution in [0.15, 0.2) is 64.4 Å². The summed E-state index contributed by atoms with van der Waals surface area (Å²) in [6, 6.07) is 15.9. The van der Waals surface area contributed by atoms with Gasteiger partial charge >= 0.3 is 0 Å². The van der Waals surface area contributed by atoms with Gasteiger partial charge in [-0.1, -0.05) is 60.4 Å². The van der Waals surface area contributed by atoms with E-state index in [0.29, 0.717) is 45.8 Å². The molecular weight excluding hydrogens is 506 g/mol. The van der Waals surface area contributed by atoms with Crippen LogP contribution in [-0.4, -0.2) is 75.9 Å². The number of thiocarbonyl (C=S) groups is 1. The lowest BCUT2D eigenvalue weighted by molar-refractivity contribution is -0.122. The van der Waals surface area contributed by atoms with Crippen molar-refractivity contribution in [3.8, 4) is 0 Å². The summed E-state index contributed by atoms with van der Waals surface area (Å²) in [5, 5.41) is 0. The second-order valence-corrected chi connectivity index (χ2v) is 10.7. The topological polar surface area (TPSA) is 70.4 Å². The van der Waals surface area contributed by atoms with E-state index in [1.54, 1.807) is 30.3 Å². The lowest BCUT2D eigenvalue weighted by atomic mass is 10.2. The monoisotopic (exact) mass is 535 g/mol. The summed E-state index contributed by atoms with van der Waals surface area (Å²) in [5.74, 6) is 0.433. The van der Waals surface area contributed by atoms with Crippen LogP contribution in [0.2, 0.25) is 0 Å². The van der Waals surface area contributed by atoms with Gasteiger partial charge in [0.1, 0.15) is 15.8 Å². The van der Waals surface area contributed by atoms with Crippen molar-refractivity contribution in [3.63, 3.8) is 0 Å². The van der Waals surface area contributed by atoms with Crippen LogP contribution in [0.1, 0.15) is 17.5 Å². The quantitative estimate of drug-likeness (QED) is 0.247. The molecule has 0 saturated carbocycles. The third-order valence-electron chi connectivity index (χ3n) is 6.55. The van der Waals surface area contributed by atoms with E-state index in [1.165, 1.54) is 21.7 Å². The van der Waals surface area contributed by atoms with Gasteiger partial charge in [0.2, 0.25) is 0 Å². The van der Waals surface area contributed by atoms with E-state index in [1.807, 2.05) is 18.2 Å². The number of thioether (sulfide) groups is 1. The third-order valence-corrected chi connectivity index (χ3v) is 7.93. The van der Waals surface area contributed by atoms with Crippen LogP contribution in [0, 0.1) is 0 Å². The molecule has 37 heavy (non-hydrogen) atoms. The fraction of sp³-hybridized carbons (Fsp3) is 0.333. The number of ether oxygens (including phenoxy) is 1. The number of fused-ring (bicyclic) bond motifs is 1. The average Bonchev–Trinajstić information content (AvgIpc) is 3.19. The number of hydrogen-bond acceptors (Lipinski definition) is 8. The summed E-state index contributed by atoms with van der Waals surface area (Å²) >= 11 is 6.70. The van der Waals surface area contributed by atoms with Crippen LogP contribution < -0.4 is 10.5 Å². The fourth-order valence-electron chi connectivity index (χ4n) is 4.61. The molecule has 0 atom stereocenters. The van der Waals surface area contributed by atoms with Crippen molar-refractivity contribution in [1.29, 1.82) is 0 Å². The van der Waals surface area contributed by atoms with E-state index in [2.05, 4.69) is 34.1 Å². The van der Waals surface area contributed by atoms with Crippen molar-refractivity contribution < 1.29 is 9.53 Å². The number of aromatic nitrogens is 2. The fourth-order valence-corrected chi connectivity index (χ4v) is 5.90. The molecule has 3 aromatic rings. The van der Waals surface area contributed by atoms with Crippen LogP contribution in [0.3, 0.4) is 0 Å². The summed E-state index contributed by atoms with van der Waals surface area (Å²) in [4.78, 5) is 38.2. The Kier molecular flexibility index (Phi) is 7.99. The first-order chi connectivity index (χ1) is 18.0. The average molecular weight is 536 g/mol. The van der Waals surface area contributed by atoms with Crippen LogP contribution in [0.25, 0.3) is 11.7 Å². The summed E-state index contributed by atoms with van der Waals surface area (Å²) in [5.41, 5.74) is 2.08. The smallest absolute Gasteiger partial charge is 0.267 e. The van der Waals surface area contributed by atoms with Gasteiger partial charge in [-0.25, -0.2) is 4.98 Å². The lowest BCUT2D eigenvalue weighted by Gasteiger charge is -2.36. The number of hydrogen-bond donors (Lipinski definition) is 0. The maximum atomic E-state index is 13.6. The first kappa shape index (κ1) is 25.6. The maximum absolute atomic E-state index is 13.6. The standard InChI is InChI=1S/C27H29N5O3S2/c1-35-17-7-12-32-26(34)22(37-27(32)36)18-21-24(28-23-10-5-6-11-31(23)25(21)33)30-15-13-29(14-16-30)19-20-8-3-2-4-9-20/h2-6,8-11,18H,7,12-17,19H2,1H3/b22-18+. The number of amides is 1. The van der Waals surface area contributed by atoms with E-state index in [9.17, 15) is 9.59 Å². The van der Waals surface area contributed by atoms with Gasteiger partial charge in [-0.3, -0.25) is 23.8 Å². The number of rotatable bonds is 8. The molecule has 0 radical (unpaired) electrons. The minimum atomic E-state index is -0.197. The number of methoxy groups -OCH3 is 1. The van der Waals surface area contributed by atoms with Gasteiger partial charge < -0.3 is 9.64 Å². The molecule has 4 heterocycles. The Labute approximate surface area is 225 Å². The molecule has 0 bridgehead atoms. The van der Waals surface area contributed by atoms with E-state index < -0.39 is 0 Å². The highest BCUT2D eigenvalue weighted by Gasteiger charge is 2.33. The van der Waals surface area contributed by atoms with Gasteiger partial charge in [0.05, 0.1) is 10.5 Å². The number of nitrogens with zero attached hydrogens (tertiary/aromatic N) is 5. The molecule has 0 aliphatic carbocycles. The highest BCUT2D eigenvalue weighted by Crippen LogP contribution is 2.33. The highest BCUT2D eigenvalue weighted by atomic mass is 32.2. The van der Waals surface area contributed by atoms with Gasteiger partial charge in [-0.05, 0) is 30.2 Å². The Morgan fingerprint density at radius 3 is 2.57 bits per heavy atom. The number of pyridine rings is 1. The van der Waals surface area contributed by atoms with Gasteiger partial charge in [0, 0.05) is 59.2 Å². The summed E-state index contributed by atoms with van der Waals surface area (Å²) in [7, 11) is 1.63. The van der Waals surface area contributed by atoms with Crippen molar-refractivity contribution in [3.05, 3.63) is 81.1 Å². The molecule has 1 amide bonds. The van der Waals surface area contributed by atoms with Crippen molar-refractivity contribution in [2.45, 2.75) is 13.0 Å². The van der Waals surface area contributed by atoms with Crippen LogP contribution in [0.5, 0.6) is 0 Å². The van der Waals surface area contributed by atoms with E-state index in [-0.39, 0.29) is 11.5 Å². The summed E-state index contributed by atoms with van der Waals surface area (Å²) in [6.07, 6.45) is 4.07. The van der Waals surface area contributed by atoms with E-state index in [0.717, 1.165) is 32.7 Å². The molecule has 2 fully saturated rings. The largest absolute Gasteiger partial charge is 0.385 e. The molecule has 2 aromatic heterocycles. The van der Waals surface area contributed by atoms with Crippen molar-refractivity contribution in [2.75, 3.05) is 51.3 Å². The third kappa shape index (κ3) is 5.62. The Balaban J connectivity index is 1.43. The summed E-state index contributed by atoms with van der Waals surface area (Å²) in [6.45, 7) is 5.11. The summed E-state index contributed by atoms with van der Waals surface area (Å²) < 4.78 is 7.14. The van der Waals surface area contributed by atoms with Crippen LogP contribution in [-0.2, 0) is 16.1 Å². The highest BCUT2D eigenvalue weighted by molar-refractivity contribution is 8.26. The van der Waals surface area contributed by atoms with Crippen molar-refractivity contribution in [1.82, 2.24) is 19.2 Å². The number of carbonyl (C=O) groups is 1. The predicted molar refractivity (Wildman–Crippen MR) is 152 cm³/mol. The molecule has 0 spiro atoms. The van der Waals surface area contributed by atoms with E-state index >= 15 is 0 Å². The second kappa shape index (κ2) is 11.6. The molecule has 1 aromatic carbocycles. The van der Waals surface area contributed by atoms with Crippen molar-refractivity contribution >= 4 is 51.7 Å². The zero-order chi connectivity index (χ0) is 25.8. The Morgan fingerprint density at radius 1 is 1.05 bits per heavy atom. The molecule has 10 heteroatoms. The molecular formula is C27H29N5O3S2. The lowest BCUT2D eigenvalue weighted by Crippen LogP contribution is -2.47. The molecule has 2 saturated heterocycles. The molecule has 2 aliphatic rings. The second-order valence-electron chi connectivity index (χ2n) is 9.01. The number of anilines is 1. The predicted octanol–water partition coefficient (Wildman–Crippen LogP) is 3.25. The minimum absolute atomic E-state index is 0.178. The van der Waals surface area contributed by atoms with Gasteiger partial charge in [0.25, 0.3) is 11.5 Å². The van der Waals surface area contributed by atoms with Crippen LogP contribution in [0.4, 0.5) is 5.82 Å². The van der Waals surface area contributed by atoms with Crippen molar-refractivity contribution in [2.24, 2.45) is 0 Å². The number of carbonyl (C=O) groups excluding carboxylic acids is 1. The van der Waals surface area contributed by atoms with Crippen LogP contribution >= 0.6 is 24.0 Å². The number of benzene rings is 1. The first-order valence-corrected chi connectivity index (χ1v) is 13.5. The molecule has 8 nitrogen and oxygen atoms in total. The zero-order valence-electron chi connectivity index (χ0n) is 20.7. The molecule has 0 unspecified atom stereocenters. The normalized spacial score (nSPS) is 17.9.